The van der Waals surface area contributed by atoms with Crippen molar-refractivity contribution in [3.8, 4) is 5.75 Å². The van der Waals surface area contributed by atoms with Crippen LogP contribution in [0.25, 0.3) is 27.6 Å². The van der Waals surface area contributed by atoms with Gasteiger partial charge in [0.1, 0.15) is 11.4 Å². The van der Waals surface area contributed by atoms with Crippen LogP contribution >= 0.6 is 0 Å². The van der Waals surface area contributed by atoms with E-state index in [2.05, 4.69) is 42.5 Å². The summed E-state index contributed by atoms with van der Waals surface area (Å²) in [5.41, 5.74) is 6.76. The van der Waals surface area contributed by atoms with Gasteiger partial charge in [-0.15, -0.1) is 0 Å². The van der Waals surface area contributed by atoms with Gasteiger partial charge in [0.25, 0.3) is 0 Å². The monoisotopic (exact) mass is 276 g/mol. The van der Waals surface area contributed by atoms with E-state index in [0.29, 0.717) is 0 Å². The number of nitrogens with zero attached hydrogens (tertiary/aromatic N) is 2. The first-order valence-corrected chi connectivity index (χ1v) is 7.03. The SMILES string of the molecule is COc1ccc2nc3cc(C)c4cc(C)ccc4n3c2c1. The lowest BCUT2D eigenvalue weighted by Gasteiger charge is -2.08. The summed E-state index contributed by atoms with van der Waals surface area (Å²) in [4.78, 5) is 4.73. The lowest BCUT2D eigenvalue weighted by Crippen LogP contribution is -1.92. The highest BCUT2D eigenvalue weighted by atomic mass is 16.5. The van der Waals surface area contributed by atoms with E-state index in [0.717, 1.165) is 22.4 Å². The molecule has 0 fully saturated rings. The molecule has 0 N–H and O–H groups in total. The van der Waals surface area contributed by atoms with E-state index >= 15 is 0 Å². The molecule has 0 spiro atoms. The molecule has 104 valence electrons. The minimum atomic E-state index is 0.852. The average Bonchev–Trinajstić information content (AvgIpc) is 2.84. The van der Waals surface area contributed by atoms with Gasteiger partial charge in [0.05, 0.1) is 23.7 Å². The number of rotatable bonds is 1. The summed E-state index contributed by atoms with van der Waals surface area (Å²) in [5.74, 6) is 0.852. The van der Waals surface area contributed by atoms with E-state index in [4.69, 9.17) is 9.72 Å². The van der Waals surface area contributed by atoms with Gasteiger partial charge in [-0.05, 0) is 49.7 Å². The van der Waals surface area contributed by atoms with E-state index in [1.165, 1.54) is 22.0 Å². The molecule has 2 aromatic heterocycles. The van der Waals surface area contributed by atoms with Crippen molar-refractivity contribution in [2.75, 3.05) is 7.11 Å². The summed E-state index contributed by atoms with van der Waals surface area (Å²) >= 11 is 0. The molecule has 4 rings (SSSR count). The van der Waals surface area contributed by atoms with Gasteiger partial charge in [-0.25, -0.2) is 4.98 Å². The van der Waals surface area contributed by atoms with Crippen molar-refractivity contribution in [2.24, 2.45) is 0 Å². The molecule has 0 aliphatic heterocycles. The maximum Gasteiger partial charge on any atom is 0.138 e. The second kappa shape index (κ2) is 4.22. The summed E-state index contributed by atoms with van der Waals surface area (Å²) in [5, 5.41) is 1.27. The van der Waals surface area contributed by atoms with Crippen LogP contribution in [0.3, 0.4) is 0 Å². The topological polar surface area (TPSA) is 26.5 Å². The van der Waals surface area contributed by atoms with Gasteiger partial charge in [0.15, 0.2) is 0 Å². The van der Waals surface area contributed by atoms with Gasteiger partial charge >= 0.3 is 0 Å². The van der Waals surface area contributed by atoms with Crippen LogP contribution in [-0.2, 0) is 0 Å². The molecule has 0 aliphatic rings. The Morgan fingerprint density at radius 3 is 2.62 bits per heavy atom. The third-order valence-corrected chi connectivity index (χ3v) is 4.05. The number of hydrogen-bond acceptors (Lipinski definition) is 2. The predicted molar refractivity (Wildman–Crippen MR) is 86.2 cm³/mol. The lowest BCUT2D eigenvalue weighted by molar-refractivity contribution is 0.415. The molecule has 0 saturated heterocycles. The highest BCUT2D eigenvalue weighted by Gasteiger charge is 2.10. The van der Waals surface area contributed by atoms with Gasteiger partial charge in [0, 0.05) is 11.5 Å². The third kappa shape index (κ3) is 1.70. The molecular formula is C18H16N2O. The molecule has 0 atom stereocenters. The number of ether oxygens (including phenoxy) is 1. The molecule has 3 nitrogen and oxygen atoms in total. The van der Waals surface area contributed by atoms with E-state index in [-0.39, 0.29) is 0 Å². The number of pyridine rings is 1. The van der Waals surface area contributed by atoms with Crippen LogP contribution in [0, 0.1) is 13.8 Å². The number of fused-ring (bicyclic) bond motifs is 5. The Hall–Kier alpha value is -2.55. The second-order valence-electron chi connectivity index (χ2n) is 5.51. The van der Waals surface area contributed by atoms with Crippen molar-refractivity contribution in [3.63, 3.8) is 0 Å². The number of methoxy groups -OCH3 is 1. The summed E-state index contributed by atoms with van der Waals surface area (Å²) in [6, 6.07) is 14.7. The molecule has 0 aliphatic carbocycles. The molecule has 0 bridgehead atoms. The molecule has 2 aromatic carbocycles. The molecule has 0 unspecified atom stereocenters. The molecule has 0 saturated carbocycles. The van der Waals surface area contributed by atoms with Gasteiger partial charge in [-0.1, -0.05) is 11.6 Å². The summed E-state index contributed by atoms with van der Waals surface area (Å²) in [7, 11) is 1.69. The third-order valence-electron chi connectivity index (χ3n) is 4.05. The van der Waals surface area contributed by atoms with E-state index in [1.807, 2.05) is 18.2 Å². The van der Waals surface area contributed by atoms with Crippen LogP contribution in [0.5, 0.6) is 5.75 Å². The van der Waals surface area contributed by atoms with Crippen LogP contribution in [0.1, 0.15) is 11.1 Å². The molecule has 4 aromatic rings. The van der Waals surface area contributed by atoms with Crippen LogP contribution in [0.15, 0.2) is 42.5 Å². The van der Waals surface area contributed by atoms with E-state index < -0.39 is 0 Å². The Kier molecular flexibility index (Phi) is 2.45. The van der Waals surface area contributed by atoms with Gasteiger partial charge in [0.2, 0.25) is 0 Å². The summed E-state index contributed by atoms with van der Waals surface area (Å²) < 4.78 is 7.56. The summed E-state index contributed by atoms with van der Waals surface area (Å²) in [6.07, 6.45) is 0. The normalized spacial score (nSPS) is 11.6. The molecule has 0 amide bonds. The zero-order chi connectivity index (χ0) is 14.6. The molecule has 3 heteroatoms. The first-order valence-electron chi connectivity index (χ1n) is 7.03. The Bertz CT molecular complexity index is 999. The smallest absolute Gasteiger partial charge is 0.138 e. The van der Waals surface area contributed by atoms with Crippen molar-refractivity contribution in [1.29, 1.82) is 0 Å². The fourth-order valence-electron chi connectivity index (χ4n) is 2.98. The Labute approximate surface area is 122 Å². The van der Waals surface area contributed by atoms with Gasteiger partial charge < -0.3 is 4.74 Å². The number of benzene rings is 2. The number of aromatic nitrogens is 2. The highest BCUT2D eigenvalue weighted by molar-refractivity contribution is 5.93. The highest BCUT2D eigenvalue weighted by Crippen LogP contribution is 2.28. The van der Waals surface area contributed by atoms with Crippen LogP contribution in [-0.4, -0.2) is 16.5 Å². The fraction of sp³-hybridized carbons (Fsp3) is 0.167. The standard InChI is InChI=1S/C18H16N2O/c1-11-4-7-16-14(8-11)12(2)9-18-19-15-6-5-13(21-3)10-17(15)20(16)18/h4-10H,1-3H3. The maximum atomic E-state index is 5.35. The lowest BCUT2D eigenvalue weighted by atomic mass is 10.1. The minimum Gasteiger partial charge on any atom is -0.497 e. The predicted octanol–water partition coefficient (Wildman–Crippen LogP) is 4.27. The van der Waals surface area contributed by atoms with Crippen LogP contribution < -0.4 is 4.74 Å². The van der Waals surface area contributed by atoms with Crippen molar-refractivity contribution in [2.45, 2.75) is 13.8 Å². The van der Waals surface area contributed by atoms with Crippen LogP contribution in [0.2, 0.25) is 0 Å². The Balaban J connectivity index is 2.26. The van der Waals surface area contributed by atoms with Crippen molar-refractivity contribution >= 4 is 27.6 Å². The first kappa shape index (κ1) is 12.2. The molecular weight excluding hydrogens is 260 g/mol. The number of hydrogen-bond donors (Lipinski definition) is 0. The maximum absolute atomic E-state index is 5.35. The second-order valence-corrected chi connectivity index (χ2v) is 5.51. The Morgan fingerprint density at radius 2 is 1.81 bits per heavy atom. The quantitative estimate of drug-likeness (QED) is 0.519. The Morgan fingerprint density at radius 1 is 0.952 bits per heavy atom. The van der Waals surface area contributed by atoms with Gasteiger partial charge in [-0.3, -0.25) is 4.40 Å². The molecule has 2 heterocycles. The van der Waals surface area contributed by atoms with Crippen LogP contribution in [0.4, 0.5) is 0 Å². The molecule has 0 radical (unpaired) electrons. The number of aryl methyl sites for hydroxylation is 2. The van der Waals surface area contributed by atoms with E-state index in [9.17, 15) is 0 Å². The van der Waals surface area contributed by atoms with Crippen molar-refractivity contribution in [3.05, 3.63) is 53.6 Å². The largest absolute Gasteiger partial charge is 0.497 e. The van der Waals surface area contributed by atoms with Crippen molar-refractivity contribution in [1.82, 2.24) is 9.38 Å². The number of imidazole rings is 1. The minimum absolute atomic E-state index is 0.852. The van der Waals surface area contributed by atoms with E-state index in [1.54, 1.807) is 7.11 Å². The zero-order valence-electron chi connectivity index (χ0n) is 12.3. The van der Waals surface area contributed by atoms with Gasteiger partial charge in [-0.2, -0.15) is 0 Å². The fourth-order valence-corrected chi connectivity index (χ4v) is 2.98. The summed E-state index contributed by atoms with van der Waals surface area (Å²) in [6.45, 7) is 4.26. The first-order chi connectivity index (χ1) is 10.2. The molecule has 21 heavy (non-hydrogen) atoms. The van der Waals surface area contributed by atoms with Crippen molar-refractivity contribution < 1.29 is 4.74 Å². The average molecular weight is 276 g/mol. The zero-order valence-corrected chi connectivity index (χ0v) is 12.3.